The number of carbonyl (C=O) groups is 2. The molecule has 0 aromatic heterocycles. The van der Waals surface area contributed by atoms with Crippen LogP contribution in [0.2, 0.25) is 10.0 Å². The van der Waals surface area contributed by atoms with Crippen LogP contribution < -0.4 is 4.90 Å². The topological polar surface area (TPSA) is 57.6 Å². The first-order valence-electron chi connectivity index (χ1n) is 7.15. The standard InChI is InChI=1S/C18H13Cl2NO3/c1-9-3-4-11(5-10(9)2)15-16(22)18(24)21(17(15)23)14-7-12(19)6-13(20)8-14/h3-8,22H,1-2H3. The minimum atomic E-state index is -0.799. The molecule has 0 radical (unpaired) electrons. The quantitative estimate of drug-likeness (QED) is 0.803. The number of aryl methyl sites for hydroxylation is 2. The smallest absolute Gasteiger partial charge is 0.301 e. The molecule has 1 N–H and O–H groups in total. The number of hydrogen-bond acceptors (Lipinski definition) is 3. The van der Waals surface area contributed by atoms with Gasteiger partial charge in [0.2, 0.25) is 0 Å². The van der Waals surface area contributed by atoms with E-state index < -0.39 is 17.6 Å². The fraction of sp³-hybridized carbons (Fsp3) is 0.111. The first kappa shape index (κ1) is 16.6. The van der Waals surface area contributed by atoms with E-state index in [0.717, 1.165) is 16.0 Å². The number of hydrogen-bond donors (Lipinski definition) is 1. The Morgan fingerprint density at radius 2 is 1.50 bits per heavy atom. The van der Waals surface area contributed by atoms with Crippen molar-refractivity contribution in [3.63, 3.8) is 0 Å². The monoisotopic (exact) mass is 361 g/mol. The predicted octanol–water partition coefficient (Wildman–Crippen LogP) is 4.45. The number of aliphatic hydroxyl groups is 1. The van der Waals surface area contributed by atoms with E-state index >= 15 is 0 Å². The Labute approximate surface area is 148 Å². The molecule has 2 aromatic rings. The van der Waals surface area contributed by atoms with Crippen LogP contribution in [0.5, 0.6) is 0 Å². The summed E-state index contributed by atoms with van der Waals surface area (Å²) in [5, 5.41) is 10.8. The summed E-state index contributed by atoms with van der Waals surface area (Å²) in [6, 6.07) is 9.69. The van der Waals surface area contributed by atoms with E-state index in [2.05, 4.69) is 0 Å². The molecule has 6 heteroatoms. The largest absolute Gasteiger partial charge is 0.502 e. The molecule has 1 aliphatic heterocycles. The number of amides is 2. The van der Waals surface area contributed by atoms with E-state index in [1.165, 1.54) is 18.2 Å². The van der Waals surface area contributed by atoms with Crippen molar-refractivity contribution >= 4 is 46.3 Å². The maximum absolute atomic E-state index is 12.7. The molecule has 0 spiro atoms. The molecular formula is C18H13Cl2NO3. The molecular weight excluding hydrogens is 349 g/mol. The zero-order valence-electron chi connectivity index (χ0n) is 12.9. The summed E-state index contributed by atoms with van der Waals surface area (Å²) in [6.45, 7) is 3.83. The van der Waals surface area contributed by atoms with Gasteiger partial charge < -0.3 is 5.11 Å². The Balaban J connectivity index is 2.09. The fourth-order valence-electron chi connectivity index (χ4n) is 2.58. The Morgan fingerprint density at radius 3 is 2.08 bits per heavy atom. The molecule has 4 nitrogen and oxygen atoms in total. The van der Waals surface area contributed by atoms with Crippen molar-refractivity contribution in [2.24, 2.45) is 0 Å². The lowest BCUT2D eigenvalue weighted by atomic mass is 10.00. The molecule has 0 aliphatic carbocycles. The number of aliphatic hydroxyl groups excluding tert-OH is 1. The zero-order valence-corrected chi connectivity index (χ0v) is 14.4. The Morgan fingerprint density at radius 1 is 0.875 bits per heavy atom. The highest BCUT2D eigenvalue weighted by Gasteiger charge is 2.40. The average molecular weight is 362 g/mol. The maximum atomic E-state index is 12.7. The van der Waals surface area contributed by atoms with Gasteiger partial charge in [-0.2, -0.15) is 0 Å². The molecule has 2 aromatic carbocycles. The molecule has 0 unspecified atom stereocenters. The summed E-state index contributed by atoms with van der Waals surface area (Å²) in [5.41, 5.74) is 2.68. The Bertz CT molecular complexity index is 898. The average Bonchev–Trinajstić information content (AvgIpc) is 2.71. The number of carbonyl (C=O) groups excluding carboxylic acids is 2. The van der Waals surface area contributed by atoms with E-state index in [1.54, 1.807) is 12.1 Å². The molecule has 1 aliphatic rings. The van der Waals surface area contributed by atoms with E-state index in [-0.39, 0.29) is 21.3 Å². The molecule has 0 bridgehead atoms. The van der Waals surface area contributed by atoms with E-state index in [0.29, 0.717) is 5.56 Å². The zero-order chi connectivity index (χ0) is 17.6. The SMILES string of the molecule is Cc1ccc(C2=C(O)C(=O)N(c3cc(Cl)cc(Cl)c3)C2=O)cc1C. The summed E-state index contributed by atoms with van der Waals surface area (Å²) >= 11 is 11.9. The second-order valence-electron chi connectivity index (χ2n) is 5.60. The number of imide groups is 1. The second kappa shape index (κ2) is 5.96. The summed E-state index contributed by atoms with van der Waals surface area (Å²) in [4.78, 5) is 26.0. The van der Waals surface area contributed by atoms with Gasteiger partial charge in [-0.25, -0.2) is 4.90 Å². The lowest BCUT2D eigenvalue weighted by Crippen LogP contribution is -2.31. The first-order valence-corrected chi connectivity index (χ1v) is 7.91. The third-order valence-electron chi connectivity index (χ3n) is 3.96. The summed E-state index contributed by atoms with van der Waals surface area (Å²) in [6.07, 6.45) is 0. The van der Waals surface area contributed by atoms with Crippen molar-refractivity contribution in [2.45, 2.75) is 13.8 Å². The maximum Gasteiger partial charge on any atom is 0.301 e. The van der Waals surface area contributed by atoms with Crippen molar-refractivity contribution in [3.05, 3.63) is 68.9 Å². The van der Waals surface area contributed by atoms with Crippen LogP contribution in [-0.2, 0) is 9.59 Å². The van der Waals surface area contributed by atoms with Crippen LogP contribution in [0.3, 0.4) is 0 Å². The van der Waals surface area contributed by atoms with Crippen LogP contribution >= 0.6 is 23.2 Å². The van der Waals surface area contributed by atoms with Crippen molar-refractivity contribution in [2.75, 3.05) is 4.90 Å². The predicted molar refractivity (Wildman–Crippen MR) is 94.4 cm³/mol. The second-order valence-corrected chi connectivity index (χ2v) is 6.47. The van der Waals surface area contributed by atoms with Crippen molar-refractivity contribution in [3.8, 4) is 0 Å². The van der Waals surface area contributed by atoms with Crippen molar-refractivity contribution < 1.29 is 14.7 Å². The van der Waals surface area contributed by atoms with Crippen LogP contribution in [0.25, 0.3) is 5.57 Å². The van der Waals surface area contributed by atoms with Gasteiger partial charge in [0, 0.05) is 10.0 Å². The molecule has 0 saturated carbocycles. The Hall–Kier alpha value is -2.30. The minimum absolute atomic E-state index is 0.0285. The molecule has 3 rings (SSSR count). The van der Waals surface area contributed by atoms with Gasteiger partial charge >= 0.3 is 5.91 Å². The van der Waals surface area contributed by atoms with Gasteiger partial charge in [0.05, 0.1) is 11.3 Å². The van der Waals surface area contributed by atoms with Gasteiger partial charge in [0.1, 0.15) is 0 Å². The van der Waals surface area contributed by atoms with Crippen LogP contribution in [0.1, 0.15) is 16.7 Å². The minimum Gasteiger partial charge on any atom is -0.502 e. The van der Waals surface area contributed by atoms with Gasteiger partial charge in [-0.1, -0.05) is 41.4 Å². The highest BCUT2D eigenvalue weighted by atomic mass is 35.5. The van der Waals surface area contributed by atoms with Gasteiger partial charge in [-0.3, -0.25) is 9.59 Å². The lowest BCUT2D eigenvalue weighted by Gasteiger charge is -2.15. The summed E-state index contributed by atoms with van der Waals surface area (Å²) in [7, 11) is 0. The third-order valence-corrected chi connectivity index (χ3v) is 4.40. The van der Waals surface area contributed by atoms with Gasteiger partial charge in [-0.15, -0.1) is 0 Å². The first-order chi connectivity index (χ1) is 11.3. The summed E-state index contributed by atoms with van der Waals surface area (Å²) < 4.78 is 0. The third kappa shape index (κ3) is 2.68. The normalized spacial score (nSPS) is 14.8. The van der Waals surface area contributed by atoms with Gasteiger partial charge in [-0.05, 0) is 48.7 Å². The van der Waals surface area contributed by atoms with Gasteiger partial charge in [0.25, 0.3) is 5.91 Å². The molecule has 1 heterocycles. The van der Waals surface area contributed by atoms with Crippen LogP contribution in [0.4, 0.5) is 5.69 Å². The molecule has 2 amide bonds. The van der Waals surface area contributed by atoms with Crippen molar-refractivity contribution in [1.82, 2.24) is 0 Å². The lowest BCUT2D eigenvalue weighted by molar-refractivity contribution is -0.121. The molecule has 122 valence electrons. The highest BCUT2D eigenvalue weighted by Crippen LogP contribution is 2.34. The van der Waals surface area contributed by atoms with Crippen LogP contribution in [-0.4, -0.2) is 16.9 Å². The van der Waals surface area contributed by atoms with Crippen LogP contribution in [0.15, 0.2) is 42.2 Å². The number of benzene rings is 2. The Kier molecular flexibility index (Phi) is 4.11. The molecule has 0 saturated heterocycles. The fourth-order valence-corrected chi connectivity index (χ4v) is 3.09. The molecule has 0 atom stereocenters. The molecule has 0 fully saturated rings. The molecule has 24 heavy (non-hydrogen) atoms. The number of nitrogens with zero attached hydrogens (tertiary/aromatic N) is 1. The number of anilines is 1. The number of halogens is 2. The van der Waals surface area contributed by atoms with E-state index in [1.807, 2.05) is 19.9 Å². The van der Waals surface area contributed by atoms with Crippen LogP contribution in [0, 0.1) is 13.8 Å². The summed E-state index contributed by atoms with van der Waals surface area (Å²) in [5.74, 6) is -2.00. The highest BCUT2D eigenvalue weighted by molar-refractivity contribution is 6.45. The number of rotatable bonds is 2. The van der Waals surface area contributed by atoms with E-state index in [9.17, 15) is 14.7 Å². The van der Waals surface area contributed by atoms with Crippen molar-refractivity contribution in [1.29, 1.82) is 0 Å². The van der Waals surface area contributed by atoms with E-state index in [4.69, 9.17) is 23.2 Å². The van der Waals surface area contributed by atoms with Gasteiger partial charge in [0.15, 0.2) is 5.76 Å².